The van der Waals surface area contributed by atoms with Crippen LogP contribution in [0.2, 0.25) is 0 Å². The quantitative estimate of drug-likeness (QED) is 0.0791. The molecule has 2 aliphatic rings. The van der Waals surface area contributed by atoms with E-state index in [1.807, 2.05) is 44.8 Å². The fourth-order valence-corrected chi connectivity index (χ4v) is 9.44. The fraction of sp³-hybridized carbons (Fsp3) is 0.680. The van der Waals surface area contributed by atoms with E-state index in [0.717, 1.165) is 0 Å². The number of ether oxygens (including phenoxy) is 5. The molecule has 0 spiro atoms. The molecule has 68 heavy (non-hydrogen) atoms. The minimum atomic E-state index is -1.89. The molecule has 0 unspecified atom stereocenters. The zero-order valence-electron chi connectivity index (χ0n) is 41.7. The third kappa shape index (κ3) is 15.2. The predicted octanol–water partition coefficient (Wildman–Crippen LogP) is 2.63. The maximum Gasteiger partial charge on any atom is 0.312 e. The number of aromatic nitrogens is 2. The van der Waals surface area contributed by atoms with Crippen molar-refractivity contribution in [2.75, 3.05) is 40.8 Å². The Kier molecular flexibility index (Phi) is 20.9. The van der Waals surface area contributed by atoms with E-state index in [2.05, 4.69) is 27.1 Å². The van der Waals surface area contributed by atoms with E-state index >= 15 is 0 Å². The molecule has 0 aliphatic carbocycles. The number of cyclic esters (lactones) is 1. The number of aliphatic hydroxyl groups is 3. The summed E-state index contributed by atoms with van der Waals surface area (Å²) in [5.41, 5.74) is 3.16. The van der Waals surface area contributed by atoms with E-state index < -0.39 is 89.7 Å². The smallest absolute Gasteiger partial charge is 0.312 e. The van der Waals surface area contributed by atoms with Gasteiger partial charge in [-0.2, -0.15) is 0 Å². The van der Waals surface area contributed by atoms with Gasteiger partial charge in [0.05, 0.1) is 36.1 Å². The number of hydrogen-bond acceptors (Lipinski definition) is 17. The number of likely N-dealkylation sites (N-methyl/N-ethyl adjacent to an activating group) is 2. The number of carbonyl (C=O) groups is 4. The van der Waals surface area contributed by atoms with Crippen molar-refractivity contribution in [3.05, 3.63) is 59.7 Å². The number of aliphatic hydroxyl groups excluding tert-OH is 2. The van der Waals surface area contributed by atoms with Crippen molar-refractivity contribution in [3.8, 4) is 11.8 Å². The number of nitrogens with two attached hydrogens (primary N) is 1. The lowest BCUT2D eigenvalue weighted by atomic mass is 9.77. The van der Waals surface area contributed by atoms with Gasteiger partial charge in [-0.15, -0.1) is 0 Å². The van der Waals surface area contributed by atoms with E-state index in [-0.39, 0.29) is 55.9 Å². The average Bonchev–Trinajstić information content (AvgIpc) is 3.28. The van der Waals surface area contributed by atoms with Crippen LogP contribution in [0, 0.1) is 29.6 Å². The molecule has 2 fully saturated rings. The minimum Gasteiger partial charge on any atom is -0.461 e. The summed E-state index contributed by atoms with van der Waals surface area (Å²) in [6.45, 7) is 14.8. The number of esters is 3. The molecule has 18 nitrogen and oxygen atoms in total. The van der Waals surface area contributed by atoms with Gasteiger partial charge in [-0.05, 0) is 99.1 Å². The number of carbonyl (C=O) groups excluding carboxylic acids is 4. The van der Waals surface area contributed by atoms with Gasteiger partial charge < -0.3 is 59.9 Å². The van der Waals surface area contributed by atoms with Gasteiger partial charge in [0.25, 0.3) is 0 Å². The molecule has 2 saturated heterocycles. The van der Waals surface area contributed by atoms with Gasteiger partial charge in [0, 0.05) is 68.2 Å². The molecule has 4 rings (SSSR count). The summed E-state index contributed by atoms with van der Waals surface area (Å²) in [4.78, 5) is 66.1. The standard InChI is InChI=1S/C50H76N6O12/c1-12-39-50(8,63)44(60)34(6)56(11)29-30(2)26-49(7,68-40(57)19-22-52-20-15-13-17-35-24-36(46(51)61)28-53-27-35)45(67-48-42(59)38(55(9)10)23-31(3)64-48)32(4)43(33(5)47(62)65-39)66-41(58)25-37-18-14-16-21-54-37/h14,16,18,21,24,27-28,30-34,38-39,42-45,48,52,59-60,63H,12,15,19-20,22-23,25-26,29H2,1-11H3,(H2,51,61)/t30-,31-,32+,33-,34-,38+,39-,42-,43+,44-,45-,48+,49-,50-/m1/s1. The topological polar surface area (TPSA) is 245 Å². The molecule has 4 heterocycles. The molecule has 0 bridgehead atoms. The second-order valence-corrected chi connectivity index (χ2v) is 19.4. The van der Waals surface area contributed by atoms with Crippen LogP contribution in [0.4, 0.5) is 0 Å². The van der Waals surface area contributed by atoms with Gasteiger partial charge in [0.2, 0.25) is 5.91 Å². The summed E-state index contributed by atoms with van der Waals surface area (Å²) in [5.74, 6) is 0.870. The SMILES string of the molecule is CC[C@H]1OC(=O)[C@H](C)[C@@H](OC(=O)Cc2ccccn2)[C@H](C)[C@@H](O[C@@H]2O[C@H](C)C[C@H](N(C)C)[C@H]2O)[C@](C)(OC(=O)CCNCCC#Cc2cncc(C(N)=O)c2)C[C@@H](C)CN(C)[C@H](C)[C@@H](O)[C@]1(C)O. The first-order valence-corrected chi connectivity index (χ1v) is 23.7. The first-order chi connectivity index (χ1) is 32.0. The Bertz CT molecular complexity index is 2030. The summed E-state index contributed by atoms with van der Waals surface area (Å²) in [6.07, 6.45) is -2.36. The van der Waals surface area contributed by atoms with E-state index in [1.54, 1.807) is 65.1 Å². The molecule has 1 amide bonds. The largest absolute Gasteiger partial charge is 0.461 e. The minimum absolute atomic E-state index is 0.0623. The monoisotopic (exact) mass is 953 g/mol. The zero-order valence-corrected chi connectivity index (χ0v) is 41.7. The molecule has 2 aliphatic heterocycles. The van der Waals surface area contributed by atoms with Crippen LogP contribution in [-0.4, -0.2) is 166 Å². The van der Waals surface area contributed by atoms with Crippen LogP contribution in [0.15, 0.2) is 42.9 Å². The van der Waals surface area contributed by atoms with Gasteiger partial charge in [-0.1, -0.05) is 38.7 Å². The summed E-state index contributed by atoms with van der Waals surface area (Å²) in [6, 6.07) is 5.70. The molecule has 2 aromatic heterocycles. The Labute approximate surface area is 402 Å². The van der Waals surface area contributed by atoms with Gasteiger partial charge in [0.15, 0.2) is 6.29 Å². The number of nitrogens with zero attached hydrogens (tertiary/aromatic N) is 4. The molecule has 2 aromatic rings. The first-order valence-electron chi connectivity index (χ1n) is 23.7. The van der Waals surface area contributed by atoms with Crippen LogP contribution < -0.4 is 11.1 Å². The Hall–Kier alpha value is -4.58. The maximum atomic E-state index is 14.4. The molecule has 18 heteroatoms. The van der Waals surface area contributed by atoms with Crippen LogP contribution in [0.3, 0.4) is 0 Å². The van der Waals surface area contributed by atoms with Crippen LogP contribution in [0.5, 0.6) is 0 Å². The summed E-state index contributed by atoms with van der Waals surface area (Å²) in [7, 11) is 5.52. The fourth-order valence-electron chi connectivity index (χ4n) is 9.44. The molecular weight excluding hydrogens is 877 g/mol. The Morgan fingerprint density at radius 2 is 1.79 bits per heavy atom. The van der Waals surface area contributed by atoms with Crippen LogP contribution in [-0.2, 0) is 44.5 Å². The molecule has 378 valence electrons. The van der Waals surface area contributed by atoms with Crippen molar-refractivity contribution < 1.29 is 58.2 Å². The second-order valence-electron chi connectivity index (χ2n) is 19.4. The Balaban J connectivity index is 1.76. The first kappa shape index (κ1) is 56.0. The number of primary amides is 1. The Morgan fingerprint density at radius 1 is 1.07 bits per heavy atom. The van der Waals surface area contributed by atoms with E-state index in [4.69, 9.17) is 29.4 Å². The van der Waals surface area contributed by atoms with Crippen LogP contribution >= 0.6 is 0 Å². The highest BCUT2D eigenvalue weighted by Gasteiger charge is 2.53. The number of hydrogen-bond donors (Lipinski definition) is 5. The second kappa shape index (κ2) is 25.3. The third-order valence-electron chi connectivity index (χ3n) is 13.3. The van der Waals surface area contributed by atoms with E-state index in [1.165, 1.54) is 19.3 Å². The van der Waals surface area contributed by atoms with Crippen molar-refractivity contribution in [1.29, 1.82) is 0 Å². The molecule has 0 aromatic carbocycles. The maximum absolute atomic E-state index is 14.4. The molecule has 0 radical (unpaired) electrons. The molecule has 14 atom stereocenters. The summed E-state index contributed by atoms with van der Waals surface area (Å²) >= 11 is 0. The number of pyridine rings is 2. The summed E-state index contributed by atoms with van der Waals surface area (Å²) < 4.78 is 32.2. The normalized spacial score (nSPS) is 33.2. The highest BCUT2D eigenvalue weighted by molar-refractivity contribution is 5.92. The molecule has 6 N–H and O–H groups in total. The highest BCUT2D eigenvalue weighted by Crippen LogP contribution is 2.40. The van der Waals surface area contributed by atoms with Gasteiger partial charge >= 0.3 is 17.9 Å². The summed E-state index contributed by atoms with van der Waals surface area (Å²) in [5, 5.41) is 38.6. The lowest BCUT2D eigenvalue weighted by molar-refractivity contribution is -0.301. The zero-order chi connectivity index (χ0) is 50.5. The number of nitrogens with one attached hydrogen (secondary N) is 1. The van der Waals surface area contributed by atoms with Crippen LogP contribution in [0.1, 0.15) is 109 Å². The Morgan fingerprint density at radius 3 is 2.44 bits per heavy atom. The van der Waals surface area contributed by atoms with Crippen molar-refractivity contribution in [2.24, 2.45) is 23.5 Å². The lowest BCUT2D eigenvalue weighted by Crippen LogP contribution is -2.60. The van der Waals surface area contributed by atoms with Gasteiger partial charge in [-0.3, -0.25) is 29.1 Å². The lowest BCUT2D eigenvalue weighted by Gasteiger charge is -2.48. The average molecular weight is 953 g/mol. The van der Waals surface area contributed by atoms with Gasteiger partial charge in [-0.25, -0.2) is 0 Å². The molecular formula is C50H76N6O12. The van der Waals surface area contributed by atoms with Gasteiger partial charge in [0.1, 0.15) is 41.7 Å². The van der Waals surface area contributed by atoms with Crippen LogP contribution in [0.25, 0.3) is 0 Å². The van der Waals surface area contributed by atoms with Crippen molar-refractivity contribution in [3.63, 3.8) is 0 Å². The predicted molar refractivity (Wildman–Crippen MR) is 252 cm³/mol. The van der Waals surface area contributed by atoms with E-state index in [0.29, 0.717) is 37.2 Å². The van der Waals surface area contributed by atoms with Crippen molar-refractivity contribution in [1.82, 2.24) is 25.1 Å². The number of amides is 1. The van der Waals surface area contributed by atoms with Crippen molar-refractivity contribution >= 4 is 23.8 Å². The van der Waals surface area contributed by atoms with E-state index in [9.17, 15) is 34.5 Å². The molecule has 0 saturated carbocycles. The highest BCUT2D eigenvalue weighted by atomic mass is 16.7. The van der Waals surface area contributed by atoms with Crippen molar-refractivity contribution in [2.45, 2.75) is 160 Å². The third-order valence-corrected chi connectivity index (χ3v) is 13.3. The number of rotatable bonds is 14.